The molecule has 24 heavy (non-hydrogen) atoms. The van der Waals surface area contributed by atoms with E-state index in [1.165, 1.54) is 0 Å². The van der Waals surface area contributed by atoms with E-state index in [2.05, 4.69) is 16.7 Å². The van der Waals surface area contributed by atoms with Crippen LogP contribution in [0.3, 0.4) is 0 Å². The summed E-state index contributed by atoms with van der Waals surface area (Å²) in [6.07, 6.45) is 0.337. The number of anilines is 1. The summed E-state index contributed by atoms with van der Waals surface area (Å²) in [6, 6.07) is 15.8. The molecule has 6 nitrogen and oxygen atoms in total. The van der Waals surface area contributed by atoms with E-state index >= 15 is 0 Å². The Balaban J connectivity index is 1.94. The average Bonchev–Trinajstić information content (AvgIpc) is 2.61. The van der Waals surface area contributed by atoms with Crippen LogP contribution in [0.4, 0.5) is 5.69 Å². The zero-order chi connectivity index (χ0) is 17.4. The van der Waals surface area contributed by atoms with Gasteiger partial charge in [-0.25, -0.2) is 0 Å². The summed E-state index contributed by atoms with van der Waals surface area (Å²) < 4.78 is 5.66. The summed E-state index contributed by atoms with van der Waals surface area (Å²) >= 11 is 0. The molecule has 2 aromatic carbocycles. The first-order valence-corrected chi connectivity index (χ1v) is 7.46. The van der Waals surface area contributed by atoms with Gasteiger partial charge in [-0.1, -0.05) is 19.1 Å². The van der Waals surface area contributed by atoms with Gasteiger partial charge < -0.3 is 15.4 Å². The second kappa shape index (κ2) is 8.34. The van der Waals surface area contributed by atoms with Crippen molar-refractivity contribution in [1.82, 2.24) is 5.32 Å². The standard InChI is InChI=1S/C18H17N3O3/c1-2-17(22)20-12-18(23)21-14-7-9-15(10-8-14)24-16-6-4-3-5-13(16)11-19/h3-10H,2,12H2,1H3,(H,20,22)(H,21,23). The van der Waals surface area contributed by atoms with Crippen LogP contribution < -0.4 is 15.4 Å². The maximum Gasteiger partial charge on any atom is 0.243 e. The maximum atomic E-state index is 11.7. The molecule has 2 N–H and O–H groups in total. The number of ether oxygens (including phenoxy) is 1. The Labute approximate surface area is 140 Å². The molecular weight excluding hydrogens is 306 g/mol. The van der Waals surface area contributed by atoms with E-state index in [0.29, 0.717) is 29.2 Å². The van der Waals surface area contributed by atoms with Gasteiger partial charge in [0.15, 0.2) is 0 Å². The molecule has 0 spiro atoms. The van der Waals surface area contributed by atoms with Gasteiger partial charge in [-0.3, -0.25) is 9.59 Å². The fourth-order valence-electron chi connectivity index (χ4n) is 1.89. The lowest BCUT2D eigenvalue weighted by Crippen LogP contribution is -2.32. The molecule has 6 heteroatoms. The van der Waals surface area contributed by atoms with Crippen LogP contribution in [0.25, 0.3) is 0 Å². The predicted octanol–water partition coefficient (Wildman–Crippen LogP) is 2.82. The lowest BCUT2D eigenvalue weighted by atomic mass is 10.2. The monoisotopic (exact) mass is 323 g/mol. The Kier molecular flexibility index (Phi) is 5.92. The Hall–Kier alpha value is -3.33. The average molecular weight is 323 g/mol. The zero-order valence-corrected chi connectivity index (χ0v) is 13.2. The van der Waals surface area contributed by atoms with Crippen molar-refractivity contribution in [2.45, 2.75) is 13.3 Å². The van der Waals surface area contributed by atoms with Gasteiger partial charge in [0.1, 0.15) is 17.6 Å². The van der Waals surface area contributed by atoms with Crippen molar-refractivity contribution in [3.63, 3.8) is 0 Å². The molecule has 0 aliphatic rings. The number of rotatable bonds is 6. The Morgan fingerprint density at radius 1 is 1.08 bits per heavy atom. The third kappa shape index (κ3) is 4.85. The van der Waals surface area contributed by atoms with Crippen molar-refractivity contribution in [3.8, 4) is 17.6 Å². The summed E-state index contributed by atoms with van der Waals surface area (Å²) in [5, 5.41) is 14.2. The molecule has 2 aromatic rings. The highest BCUT2D eigenvalue weighted by molar-refractivity contribution is 5.94. The molecule has 0 bridgehead atoms. The summed E-state index contributed by atoms with van der Waals surface area (Å²) in [5.41, 5.74) is 1.04. The van der Waals surface area contributed by atoms with Crippen LogP contribution in [-0.2, 0) is 9.59 Å². The molecule has 0 heterocycles. The van der Waals surface area contributed by atoms with Crippen LogP contribution in [0.2, 0.25) is 0 Å². The third-order valence-corrected chi connectivity index (χ3v) is 3.14. The highest BCUT2D eigenvalue weighted by Crippen LogP contribution is 2.25. The van der Waals surface area contributed by atoms with E-state index in [1.807, 2.05) is 0 Å². The van der Waals surface area contributed by atoms with Crippen LogP contribution in [-0.4, -0.2) is 18.4 Å². The normalized spacial score (nSPS) is 9.67. The number of hydrogen-bond acceptors (Lipinski definition) is 4. The minimum Gasteiger partial charge on any atom is -0.456 e. The predicted molar refractivity (Wildman–Crippen MR) is 89.6 cm³/mol. The van der Waals surface area contributed by atoms with Crippen LogP contribution in [0, 0.1) is 11.3 Å². The van der Waals surface area contributed by atoms with E-state index in [1.54, 1.807) is 55.5 Å². The first kappa shape index (κ1) is 17.0. The molecule has 0 fully saturated rings. The van der Waals surface area contributed by atoms with Gasteiger partial charge in [-0.05, 0) is 36.4 Å². The zero-order valence-electron chi connectivity index (χ0n) is 13.2. The molecule has 0 unspecified atom stereocenters. The number of nitrogens with zero attached hydrogens (tertiary/aromatic N) is 1. The molecule has 0 saturated carbocycles. The van der Waals surface area contributed by atoms with Gasteiger partial charge >= 0.3 is 0 Å². The highest BCUT2D eigenvalue weighted by Gasteiger charge is 2.06. The number of nitrogens with one attached hydrogen (secondary N) is 2. The van der Waals surface area contributed by atoms with Gasteiger partial charge in [0.25, 0.3) is 0 Å². The molecule has 0 atom stereocenters. The van der Waals surface area contributed by atoms with Crippen LogP contribution in [0.5, 0.6) is 11.5 Å². The summed E-state index contributed by atoms with van der Waals surface area (Å²) in [4.78, 5) is 22.8. The van der Waals surface area contributed by atoms with Gasteiger partial charge in [-0.15, -0.1) is 0 Å². The summed E-state index contributed by atoms with van der Waals surface area (Å²) in [6.45, 7) is 1.65. The molecule has 0 radical (unpaired) electrons. The van der Waals surface area contributed by atoms with Gasteiger partial charge in [0.2, 0.25) is 11.8 Å². The van der Waals surface area contributed by atoms with E-state index in [0.717, 1.165) is 0 Å². The van der Waals surface area contributed by atoms with Gasteiger partial charge in [-0.2, -0.15) is 5.26 Å². The van der Waals surface area contributed by atoms with E-state index in [9.17, 15) is 9.59 Å². The largest absolute Gasteiger partial charge is 0.456 e. The van der Waals surface area contributed by atoms with Crippen molar-refractivity contribution in [3.05, 3.63) is 54.1 Å². The number of para-hydroxylation sites is 1. The van der Waals surface area contributed by atoms with Crippen LogP contribution in [0.1, 0.15) is 18.9 Å². The van der Waals surface area contributed by atoms with E-state index in [-0.39, 0.29) is 18.4 Å². The van der Waals surface area contributed by atoms with E-state index < -0.39 is 0 Å². The van der Waals surface area contributed by atoms with Gasteiger partial charge in [0, 0.05) is 12.1 Å². The quantitative estimate of drug-likeness (QED) is 0.855. The SMILES string of the molecule is CCC(=O)NCC(=O)Nc1ccc(Oc2ccccc2C#N)cc1. The number of benzene rings is 2. The third-order valence-electron chi connectivity index (χ3n) is 3.14. The van der Waals surface area contributed by atoms with Crippen molar-refractivity contribution in [2.24, 2.45) is 0 Å². The molecule has 0 aliphatic carbocycles. The number of hydrogen-bond donors (Lipinski definition) is 2. The number of carbonyl (C=O) groups is 2. The highest BCUT2D eigenvalue weighted by atomic mass is 16.5. The fraction of sp³-hybridized carbons (Fsp3) is 0.167. The van der Waals surface area contributed by atoms with E-state index in [4.69, 9.17) is 10.00 Å². The smallest absolute Gasteiger partial charge is 0.243 e. The summed E-state index contributed by atoms with van der Waals surface area (Å²) in [7, 11) is 0. The molecule has 2 rings (SSSR count). The fourth-order valence-corrected chi connectivity index (χ4v) is 1.89. The number of nitriles is 1. The molecule has 0 aliphatic heterocycles. The topological polar surface area (TPSA) is 91.2 Å². The number of amides is 2. The molecule has 0 aromatic heterocycles. The maximum absolute atomic E-state index is 11.7. The van der Waals surface area contributed by atoms with Gasteiger partial charge in [0.05, 0.1) is 12.1 Å². The minimum atomic E-state index is -0.305. The molecule has 0 saturated heterocycles. The second-order valence-corrected chi connectivity index (χ2v) is 4.91. The first-order valence-electron chi connectivity index (χ1n) is 7.46. The van der Waals surface area contributed by atoms with Crippen molar-refractivity contribution >= 4 is 17.5 Å². The van der Waals surface area contributed by atoms with Crippen molar-refractivity contribution < 1.29 is 14.3 Å². The van der Waals surface area contributed by atoms with Crippen LogP contribution in [0.15, 0.2) is 48.5 Å². The Morgan fingerprint density at radius 2 is 1.79 bits per heavy atom. The Bertz CT molecular complexity index is 764. The van der Waals surface area contributed by atoms with Crippen LogP contribution >= 0.6 is 0 Å². The molecule has 122 valence electrons. The minimum absolute atomic E-state index is 0.0690. The molecule has 2 amide bonds. The first-order chi connectivity index (χ1) is 11.6. The lowest BCUT2D eigenvalue weighted by Gasteiger charge is -2.09. The van der Waals surface area contributed by atoms with Crippen molar-refractivity contribution in [2.75, 3.05) is 11.9 Å². The lowest BCUT2D eigenvalue weighted by molar-refractivity contribution is -0.123. The molecular formula is C18H17N3O3. The Morgan fingerprint density at radius 3 is 2.46 bits per heavy atom. The van der Waals surface area contributed by atoms with Crippen molar-refractivity contribution in [1.29, 1.82) is 5.26 Å². The number of carbonyl (C=O) groups excluding carboxylic acids is 2. The summed E-state index contributed by atoms with van der Waals surface area (Å²) in [5.74, 6) is 0.541. The second-order valence-electron chi connectivity index (χ2n) is 4.91.